The molecule has 1 amide bonds. The van der Waals surface area contributed by atoms with Gasteiger partial charge in [-0.1, -0.05) is 0 Å². The van der Waals surface area contributed by atoms with Crippen molar-refractivity contribution in [3.05, 3.63) is 34.1 Å². The number of nitro groups is 1. The van der Waals surface area contributed by atoms with E-state index in [-0.39, 0.29) is 17.3 Å². The van der Waals surface area contributed by atoms with Gasteiger partial charge in [0.25, 0.3) is 5.69 Å². The lowest BCUT2D eigenvalue weighted by Crippen LogP contribution is -2.36. The number of carbonyl (C=O) groups is 1. The maximum absolute atomic E-state index is 13.5. The number of halogens is 1. The molecule has 1 N–H and O–H groups in total. The summed E-state index contributed by atoms with van der Waals surface area (Å²) in [5, 5.41) is 13.1. The normalized spacial score (nSPS) is 11.8. The summed E-state index contributed by atoms with van der Waals surface area (Å²) in [5.74, 6) is -0.977. The molecule has 0 fully saturated rings. The molecule has 0 saturated carbocycles. The number of carbonyl (C=O) groups excluding carboxylic acids is 1. The third kappa shape index (κ3) is 3.16. The van der Waals surface area contributed by atoms with E-state index in [1.54, 1.807) is 21.0 Å². The third-order valence-corrected chi connectivity index (χ3v) is 2.35. The zero-order chi connectivity index (χ0) is 13.9. The number of rotatable bonds is 4. The van der Waals surface area contributed by atoms with E-state index in [1.807, 2.05) is 0 Å². The Morgan fingerprint density at radius 3 is 2.56 bits per heavy atom. The molecule has 18 heavy (non-hydrogen) atoms. The summed E-state index contributed by atoms with van der Waals surface area (Å²) in [7, 11) is 3.18. The molecule has 0 unspecified atom stereocenters. The van der Waals surface area contributed by atoms with Crippen molar-refractivity contribution in [2.75, 3.05) is 19.4 Å². The quantitative estimate of drug-likeness (QED) is 0.655. The topological polar surface area (TPSA) is 75.5 Å². The van der Waals surface area contributed by atoms with Crippen molar-refractivity contribution >= 4 is 17.3 Å². The van der Waals surface area contributed by atoms with Crippen LogP contribution in [-0.2, 0) is 4.79 Å². The highest BCUT2D eigenvalue weighted by Crippen LogP contribution is 2.21. The summed E-state index contributed by atoms with van der Waals surface area (Å²) >= 11 is 0. The smallest absolute Gasteiger partial charge is 0.272 e. The lowest BCUT2D eigenvalue weighted by atomic mass is 10.2. The molecule has 1 atom stereocenters. The molecule has 0 heterocycles. The SMILES string of the molecule is C[C@H](Nc1ccc([N+](=O)[O-])cc1F)C(=O)N(C)C. The summed E-state index contributed by atoms with van der Waals surface area (Å²) in [6, 6.07) is 2.62. The molecule has 7 heteroatoms. The number of benzene rings is 1. The van der Waals surface area contributed by atoms with Crippen molar-refractivity contribution in [1.82, 2.24) is 4.90 Å². The highest BCUT2D eigenvalue weighted by atomic mass is 19.1. The summed E-state index contributed by atoms with van der Waals surface area (Å²) in [5.41, 5.74) is -0.270. The van der Waals surface area contributed by atoms with Gasteiger partial charge in [0.15, 0.2) is 5.82 Å². The van der Waals surface area contributed by atoms with Gasteiger partial charge in [0.2, 0.25) is 5.91 Å². The highest BCUT2D eigenvalue weighted by molar-refractivity contribution is 5.83. The van der Waals surface area contributed by atoms with Gasteiger partial charge in [0.05, 0.1) is 16.7 Å². The van der Waals surface area contributed by atoms with Crippen molar-refractivity contribution < 1.29 is 14.1 Å². The fourth-order valence-corrected chi connectivity index (χ4v) is 1.42. The molecular formula is C11H14FN3O3. The first-order valence-corrected chi connectivity index (χ1v) is 5.24. The second-order valence-corrected chi connectivity index (χ2v) is 4.02. The van der Waals surface area contributed by atoms with Gasteiger partial charge in [0.1, 0.15) is 6.04 Å². The Morgan fingerprint density at radius 2 is 2.11 bits per heavy atom. The van der Waals surface area contributed by atoms with Gasteiger partial charge in [-0.3, -0.25) is 14.9 Å². The average molecular weight is 255 g/mol. The number of amides is 1. The Kier molecular flexibility index (Phi) is 4.19. The Hall–Kier alpha value is -2.18. The molecule has 1 aromatic carbocycles. The average Bonchev–Trinajstić information content (AvgIpc) is 2.30. The van der Waals surface area contributed by atoms with Gasteiger partial charge >= 0.3 is 0 Å². The maximum atomic E-state index is 13.5. The van der Waals surface area contributed by atoms with Gasteiger partial charge in [-0.05, 0) is 13.0 Å². The van der Waals surface area contributed by atoms with Gasteiger partial charge in [-0.25, -0.2) is 4.39 Å². The maximum Gasteiger partial charge on any atom is 0.272 e. The molecule has 98 valence electrons. The molecule has 0 aliphatic heterocycles. The standard InChI is InChI=1S/C11H14FN3O3/c1-7(11(16)14(2)3)13-10-5-4-8(15(17)18)6-9(10)12/h4-7,13H,1-3H3/t7-/m0/s1. The van der Waals surface area contributed by atoms with E-state index in [2.05, 4.69) is 5.32 Å². The first-order valence-electron chi connectivity index (χ1n) is 5.24. The van der Waals surface area contributed by atoms with E-state index in [4.69, 9.17) is 0 Å². The van der Waals surface area contributed by atoms with E-state index in [0.29, 0.717) is 0 Å². The molecular weight excluding hydrogens is 241 g/mol. The largest absolute Gasteiger partial charge is 0.372 e. The molecule has 0 aliphatic rings. The van der Waals surface area contributed by atoms with Gasteiger partial charge in [-0.15, -0.1) is 0 Å². The Labute approximate surface area is 104 Å². The van der Waals surface area contributed by atoms with E-state index in [9.17, 15) is 19.3 Å². The Bertz CT molecular complexity index is 477. The van der Waals surface area contributed by atoms with Crippen molar-refractivity contribution in [2.45, 2.75) is 13.0 Å². The molecule has 0 saturated heterocycles. The fourth-order valence-electron chi connectivity index (χ4n) is 1.42. The molecule has 0 aliphatic carbocycles. The van der Waals surface area contributed by atoms with Crippen molar-refractivity contribution in [3.63, 3.8) is 0 Å². The van der Waals surface area contributed by atoms with Crippen molar-refractivity contribution in [2.24, 2.45) is 0 Å². The summed E-state index contributed by atoms with van der Waals surface area (Å²) < 4.78 is 13.5. The van der Waals surface area contributed by atoms with Crippen LogP contribution < -0.4 is 5.32 Å². The van der Waals surface area contributed by atoms with Crippen LogP contribution in [0, 0.1) is 15.9 Å². The minimum Gasteiger partial charge on any atom is -0.372 e. The third-order valence-electron chi connectivity index (χ3n) is 2.35. The molecule has 0 spiro atoms. The van der Waals surface area contributed by atoms with Crippen molar-refractivity contribution in [1.29, 1.82) is 0 Å². The minimum absolute atomic E-state index is 0.0586. The van der Waals surface area contributed by atoms with Gasteiger partial charge < -0.3 is 10.2 Å². The number of nitrogens with zero attached hydrogens (tertiary/aromatic N) is 2. The second kappa shape index (κ2) is 5.44. The van der Waals surface area contributed by atoms with Crippen LogP contribution in [-0.4, -0.2) is 35.9 Å². The van der Waals surface area contributed by atoms with Crippen LogP contribution in [0.25, 0.3) is 0 Å². The first kappa shape index (κ1) is 13.9. The van der Waals surface area contributed by atoms with E-state index < -0.39 is 16.8 Å². The monoisotopic (exact) mass is 255 g/mol. The number of nitro benzene ring substituents is 1. The van der Waals surface area contributed by atoms with Crippen LogP contribution in [0.15, 0.2) is 18.2 Å². The van der Waals surface area contributed by atoms with E-state index >= 15 is 0 Å². The molecule has 1 rings (SSSR count). The predicted molar refractivity (Wildman–Crippen MR) is 64.8 cm³/mol. The summed E-state index contributed by atoms with van der Waals surface area (Å²) in [6.07, 6.45) is 0. The van der Waals surface area contributed by atoms with Crippen LogP contribution in [0.3, 0.4) is 0 Å². The van der Waals surface area contributed by atoms with Crippen LogP contribution in [0.2, 0.25) is 0 Å². The lowest BCUT2D eigenvalue weighted by Gasteiger charge is -2.19. The molecule has 0 bridgehead atoms. The summed E-state index contributed by atoms with van der Waals surface area (Å²) in [6.45, 7) is 1.59. The molecule has 1 aromatic rings. The van der Waals surface area contributed by atoms with Crippen LogP contribution in [0.1, 0.15) is 6.92 Å². The fraction of sp³-hybridized carbons (Fsp3) is 0.364. The zero-order valence-corrected chi connectivity index (χ0v) is 10.3. The van der Waals surface area contributed by atoms with Crippen LogP contribution in [0.5, 0.6) is 0 Å². The van der Waals surface area contributed by atoms with Gasteiger partial charge in [0, 0.05) is 20.2 Å². The number of hydrogen-bond donors (Lipinski definition) is 1. The Morgan fingerprint density at radius 1 is 1.50 bits per heavy atom. The number of non-ortho nitro benzene ring substituents is 1. The van der Waals surface area contributed by atoms with Gasteiger partial charge in [-0.2, -0.15) is 0 Å². The number of hydrogen-bond acceptors (Lipinski definition) is 4. The molecule has 6 nitrogen and oxygen atoms in total. The highest BCUT2D eigenvalue weighted by Gasteiger charge is 2.17. The molecule has 0 radical (unpaired) electrons. The van der Waals surface area contributed by atoms with Crippen LogP contribution >= 0.6 is 0 Å². The number of likely N-dealkylation sites (N-methyl/N-ethyl adjacent to an activating group) is 1. The first-order chi connectivity index (χ1) is 8.32. The van der Waals surface area contributed by atoms with Crippen molar-refractivity contribution in [3.8, 4) is 0 Å². The lowest BCUT2D eigenvalue weighted by molar-refractivity contribution is -0.385. The molecule has 0 aromatic heterocycles. The van der Waals surface area contributed by atoms with E-state index in [0.717, 1.165) is 6.07 Å². The number of nitrogens with one attached hydrogen (secondary N) is 1. The second-order valence-electron chi connectivity index (χ2n) is 4.02. The van der Waals surface area contributed by atoms with E-state index in [1.165, 1.54) is 17.0 Å². The minimum atomic E-state index is -0.761. The zero-order valence-electron chi connectivity index (χ0n) is 10.3. The summed E-state index contributed by atoms with van der Waals surface area (Å²) in [4.78, 5) is 22.7. The predicted octanol–water partition coefficient (Wildman–Crippen LogP) is 1.62. The number of anilines is 1. The van der Waals surface area contributed by atoms with Crippen LogP contribution in [0.4, 0.5) is 15.8 Å². The Balaban J connectivity index is 2.86.